The van der Waals surface area contributed by atoms with Gasteiger partial charge in [0.05, 0.1) is 6.54 Å². The largest absolute Gasteiger partial charge is 0.340 e. The number of benzene rings is 1. The van der Waals surface area contributed by atoms with E-state index in [9.17, 15) is 8.78 Å². The maximum absolute atomic E-state index is 12.9. The smallest absolute Gasteiger partial charge is 0.223 e. The molecule has 0 spiro atoms. The molecule has 1 N–H and O–H groups in total. The van der Waals surface area contributed by atoms with E-state index in [1.54, 1.807) is 6.92 Å². The standard InChI is InChI=1S/C11H11F2N3O/c1-7-15-11(16-17-7)6-14-5-8-2-9(12)4-10(13)3-8/h2-4,14H,5-6H2,1H3. The minimum Gasteiger partial charge on any atom is -0.340 e. The zero-order valence-electron chi connectivity index (χ0n) is 9.20. The molecule has 0 bridgehead atoms. The van der Waals surface area contributed by atoms with Gasteiger partial charge in [-0.1, -0.05) is 5.16 Å². The van der Waals surface area contributed by atoms with Gasteiger partial charge in [0.25, 0.3) is 0 Å². The fourth-order valence-electron chi connectivity index (χ4n) is 1.44. The van der Waals surface area contributed by atoms with Gasteiger partial charge in [-0.2, -0.15) is 4.98 Å². The van der Waals surface area contributed by atoms with Crippen LogP contribution in [0, 0.1) is 18.6 Å². The lowest BCUT2D eigenvalue weighted by molar-refractivity contribution is 0.385. The van der Waals surface area contributed by atoms with Gasteiger partial charge in [-0.25, -0.2) is 8.78 Å². The molecule has 0 radical (unpaired) electrons. The Balaban J connectivity index is 1.89. The van der Waals surface area contributed by atoms with Crippen LogP contribution in [0.25, 0.3) is 0 Å². The highest BCUT2D eigenvalue weighted by Crippen LogP contribution is 2.07. The third kappa shape index (κ3) is 3.32. The van der Waals surface area contributed by atoms with Crippen LogP contribution in [0.5, 0.6) is 0 Å². The summed E-state index contributed by atoms with van der Waals surface area (Å²) in [6.45, 7) is 2.41. The second kappa shape index (κ2) is 5.01. The third-order valence-electron chi connectivity index (χ3n) is 2.10. The van der Waals surface area contributed by atoms with Crippen LogP contribution in [-0.4, -0.2) is 10.1 Å². The Kier molecular flexibility index (Phi) is 3.43. The number of nitrogens with one attached hydrogen (secondary N) is 1. The van der Waals surface area contributed by atoms with E-state index in [0.717, 1.165) is 6.07 Å². The van der Waals surface area contributed by atoms with E-state index in [-0.39, 0.29) is 0 Å². The van der Waals surface area contributed by atoms with Gasteiger partial charge in [-0.15, -0.1) is 0 Å². The predicted octanol–water partition coefficient (Wildman–Crippen LogP) is 1.95. The van der Waals surface area contributed by atoms with E-state index in [4.69, 9.17) is 4.52 Å². The normalized spacial score (nSPS) is 10.8. The SMILES string of the molecule is Cc1nc(CNCc2cc(F)cc(F)c2)no1. The first-order valence-electron chi connectivity index (χ1n) is 5.08. The van der Waals surface area contributed by atoms with Gasteiger partial charge in [-0.05, 0) is 17.7 Å². The molecule has 0 aliphatic rings. The van der Waals surface area contributed by atoms with Crippen molar-refractivity contribution < 1.29 is 13.3 Å². The molecule has 1 aromatic heterocycles. The monoisotopic (exact) mass is 239 g/mol. The summed E-state index contributed by atoms with van der Waals surface area (Å²) in [5.74, 6) is -0.174. The van der Waals surface area contributed by atoms with E-state index < -0.39 is 11.6 Å². The molecular weight excluding hydrogens is 228 g/mol. The van der Waals surface area contributed by atoms with Gasteiger partial charge in [0, 0.05) is 19.5 Å². The lowest BCUT2D eigenvalue weighted by atomic mass is 10.2. The van der Waals surface area contributed by atoms with Crippen molar-refractivity contribution in [3.8, 4) is 0 Å². The van der Waals surface area contributed by atoms with E-state index in [1.165, 1.54) is 12.1 Å². The molecule has 1 heterocycles. The highest BCUT2D eigenvalue weighted by atomic mass is 19.1. The molecule has 2 aromatic rings. The van der Waals surface area contributed by atoms with Crippen molar-refractivity contribution in [2.24, 2.45) is 0 Å². The molecular formula is C11H11F2N3O. The Labute approximate surface area is 96.6 Å². The number of aromatic nitrogens is 2. The Bertz CT molecular complexity index is 493. The summed E-state index contributed by atoms with van der Waals surface area (Å²) in [7, 11) is 0. The predicted molar refractivity (Wildman–Crippen MR) is 55.9 cm³/mol. The minimum absolute atomic E-state index is 0.336. The first-order valence-corrected chi connectivity index (χ1v) is 5.08. The summed E-state index contributed by atoms with van der Waals surface area (Å²) in [6.07, 6.45) is 0. The van der Waals surface area contributed by atoms with Crippen molar-refractivity contribution >= 4 is 0 Å². The molecule has 90 valence electrons. The summed E-state index contributed by atoms with van der Waals surface area (Å²) in [5.41, 5.74) is 0.530. The summed E-state index contributed by atoms with van der Waals surface area (Å²) >= 11 is 0. The second-order valence-corrected chi connectivity index (χ2v) is 3.61. The third-order valence-corrected chi connectivity index (χ3v) is 2.10. The van der Waals surface area contributed by atoms with Crippen molar-refractivity contribution in [2.45, 2.75) is 20.0 Å². The number of rotatable bonds is 4. The Morgan fingerprint density at radius 2 is 1.88 bits per heavy atom. The topological polar surface area (TPSA) is 51.0 Å². The second-order valence-electron chi connectivity index (χ2n) is 3.61. The van der Waals surface area contributed by atoms with Crippen LogP contribution in [-0.2, 0) is 13.1 Å². The fraction of sp³-hybridized carbons (Fsp3) is 0.273. The number of hydrogen-bond acceptors (Lipinski definition) is 4. The van der Waals surface area contributed by atoms with Crippen LogP contribution in [0.15, 0.2) is 22.7 Å². The first-order chi connectivity index (χ1) is 8.13. The molecule has 0 aliphatic carbocycles. The Hall–Kier alpha value is -1.82. The molecule has 0 saturated heterocycles. The minimum atomic E-state index is -0.586. The van der Waals surface area contributed by atoms with Gasteiger partial charge in [0.15, 0.2) is 5.82 Å². The molecule has 2 rings (SSSR count). The van der Waals surface area contributed by atoms with Crippen molar-refractivity contribution in [3.63, 3.8) is 0 Å². The number of hydrogen-bond donors (Lipinski definition) is 1. The molecule has 0 atom stereocenters. The van der Waals surface area contributed by atoms with Crippen molar-refractivity contribution in [1.82, 2.24) is 15.5 Å². The molecule has 0 fully saturated rings. The first kappa shape index (κ1) is 11.7. The summed E-state index contributed by atoms with van der Waals surface area (Å²) < 4.78 is 30.5. The molecule has 0 aliphatic heterocycles. The molecule has 0 saturated carbocycles. The fourth-order valence-corrected chi connectivity index (χ4v) is 1.44. The zero-order chi connectivity index (χ0) is 12.3. The van der Waals surface area contributed by atoms with E-state index in [0.29, 0.717) is 30.4 Å². The van der Waals surface area contributed by atoms with Crippen molar-refractivity contribution in [3.05, 3.63) is 47.1 Å². The zero-order valence-corrected chi connectivity index (χ0v) is 9.20. The molecule has 1 aromatic carbocycles. The average molecular weight is 239 g/mol. The number of halogens is 2. The molecule has 4 nitrogen and oxygen atoms in total. The molecule has 0 amide bonds. The number of nitrogens with zero attached hydrogens (tertiary/aromatic N) is 2. The van der Waals surface area contributed by atoms with Crippen LogP contribution in [0.3, 0.4) is 0 Å². The van der Waals surface area contributed by atoms with Crippen LogP contribution in [0.2, 0.25) is 0 Å². The van der Waals surface area contributed by atoms with Crippen LogP contribution < -0.4 is 5.32 Å². The molecule has 0 unspecified atom stereocenters. The van der Waals surface area contributed by atoms with E-state index in [2.05, 4.69) is 15.5 Å². The lowest BCUT2D eigenvalue weighted by Gasteiger charge is -2.02. The van der Waals surface area contributed by atoms with Crippen LogP contribution >= 0.6 is 0 Å². The average Bonchev–Trinajstić information content (AvgIpc) is 2.63. The summed E-state index contributed by atoms with van der Waals surface area (Å²) in [5, 5.41) is 6.65. The Morgan fingerprint density at radius 1 is 1.18 bits per heavy atom. The molecule has 6 heteroatoms. The number of aryl methyl sites for hydroxylation is 1. The van der Waals surface area contributed by atoms with Crippen molar-refractivity contribution in [1.29, 1.82) is 0 Å². The van der Waals surface area contributed by atoms with Gasteiger partial charge in [0.2, 0.25) is 5.89 Å². The summed E-state index contributed by atoms with van der Waals surface area (Å²) in [6, 6.07) is 3.39. The Morgan fingerprint density at radius 3 is 2.47 bits per heavy atom. The van der Waals surface area contributed by atoms with Gasteiger partial charge in [0.1, 0.15) is 11.6 Å². The van der Waals surface area contributed by atoms with E-state index in [1.807, 2.05) is 0 Å². The highest BCUT2D eigenvalue weighted by Gasteiger charge is 2.03. The van der Waals surface area contributed by atoms with Gasteiger partial charge >= 0.3 is 0 Å². The lowest BCUT2D eigenvalue weighted by Crippen LogP contribution is -2.14. The van der Waals surface area contributed by atoms with Crippen LogP contribution in [0.4, 0.5) is 8.78 Å². The van der Waals surface area contributed by atoms with Crippen LogP contribution in [0.1, 0.15) is 17.3 Å². The molecule has 17 heavy (non-hydrogen) atoms. The van der Waals surface area contributed by atoms with E-state index >= 15 is 0 Å². The van der Waals surface area contributed by atoms with Gasteiger partial charge in [-0.3, -0.25) is 0 Å². The van der Waals surface area contributed by atoms with Crippen molar-refractivity contribution in [2.75, 3.05) is 0 Å². The van der Waals surface area contributed by atoms with Gasteiger partial charge < -0.3 is 9.84 Å². The maximum Gasteiger partial charge on any atom is 0.223 e. The maximum atomic E-state index is 12.9. The quantitative estimate of drug-likeness (QED) is 0.885. The highest BCUT2D eigenvalue weighted by molar-refractivity contribution is 5.17. The summed E-state index contributed by atoms with van der Waals surface area (Å²) in [4.78, 5) is 3.99.